The van der Waals surface area contributed by atoms with Gasteiger partial charge in [0.05, 0.1) is 12.6 Å². The zero-order chi connectivity index (χ0) is 19.2. The van der Waals surface area contributed by atoms with E-state index in [-0.39, 0.29) is 12.0 Å². The third-order valence-corrected chi connectivity index (χ3v) is 4.71. The number of benzene rings is 2. The molecule has 1 aliphatic heterocycles. The normalized spacial score (nSPS) is 14.4. The Morgan fingerprint density at radius 3 is 2.44 bits per heavy atom. The average molecular weight is 388 g/mol. The van der Waals surface area contributed by atoms with E-state index in [0.29, 0.717) is 19.6 Å². The van der Waals surface area contributed by atoms with Crippen LogP contribution in [0.25, 0.3) is 0 Å². The van der Waals surface area contributed by atoms with Crippen LogP contribution in [-0.4, -0.2) is 49.6 Å². The Bertz CT molecular complexity index is 756. The summed E-state index contributed by atoms with van der Waals surface area (Å²) in [5.74, 6) is 0.947. The predicted octanol–water partition coefficient (Wildman–Crippen LogP) is 3.89. The van der Waals surface area contributed by atoms with E-state index in [4.69, 9.17) is 16.3 Å². The molecule has 1 saturated heterocycles. The third-order valence-electron chi connectivity index (χ3n) is 4.48. The minimum absolute atomic E-state index is 0.114. The van der Waals surface area contributed by atoms with Gasteiger partial charge in [-0.05, 0) is 56.3 Å². The maximum absolute atomic E-state index is 12.5. The molecule has 0 atom stereocenters. The monoisotopic (exact) mass is 387 g/mol. The SMILES string of the molecule is CC(C)Oc1ccc(NCC(=O)N2CCN(c3cccc(Cl)c3)CC2)cc1. The largest absolute Gasteiger partial charge is 0.491 e. The van der Waals surface area contributed by atoms with Gasteiger partial charge in [-0.2, -0.15) is 0 Å². The summed E-state index contributed by atoms with van der Waals surface area (Å²) >= 11 is 6.07. The van der Waals surface area contributed by atoms with E-state index in [1.165, 1.54) is 0 Å². The highest BCUT2D eigenvalue weighted by Gasteiger charge is 2.21. The highest BCUT2D eigenvalue weighted by molar-refractivity contribution is 6.30. The number of carbonyl (C=O) groups is 1. The number of ether oxygens (including phenoxy) is 1. The van der Waals surface area contributed by atoms with Gasteiger partial charge in [-0.3, -0.25) is 4.79 Å². The second kappa shape index (κ2) is 9.00. The molecule has 2 aromatic carbocycles. The summed E-state index contributed by atoms with van der Waals surface area (Å²) < 4.78 is 5.63. The lowest BCUT2D eigenvalue weighted by Crippen LogP contribution is -2.50. The Balaban J connectivity index is 1.45. The van der Waals surface area contributed by atoms with Crippen LogP contribution < -0.4 is 15.0 Å². The van der Waals surface area contributed by atoms with E-state index >= 15 is 0 Å². The topological polar surface area (TPSA) is 44.8 Å². The number of nitrogens with one attached hydrogen (secondary N) is 1. The van der Waals surface area contributed by atoms with E-state index in [0.717, 1.165) is 35.2 Å². The maximum atomic E-state index is 12.5. The van der Waals surface area contributed by atoms with E-state index in [1.54, 1.807) is 0 Å². The number of carbonyl (C=O) groups excluding carboxylic acids is 1. The minimum atomic E-state index is 0.114. The van der Waals surface area contributed by atoms with E-state index in [1.807, 2.05) is 61.2 Å². The fourth-order valence-electron chi connectivity index (χ4n) is 3.10. The molecule has 1 fully saturated rings. The molecule has 0 aliphatic carbocycles. The van der Waals surface area contributed by atoms with E-state index in [9.17, 15) is 4.79 Å². The summed E-state index contributed by atoms with van der Waals surface area (Å²) in [6.45, 7) is 7.35. The van der Waals surface area contributed by atoms with Crippen molar-refractivity contribution in [3.63, 3.8) is 0 Å². The van der Waals surface area contributed by atoms with Crippen LogP contribution in [0.1, 0.15) is 13.8 Å². The molecule has 0 aromatic heterocycles. The van der Waals surface area contributed by atoms with Crippen molar-refractivity contribution in [1.29, 1.82) is 0 Å². The van der Waals surface area contributed by atoms with Gasteiger partial charge >= 0.3 is 0 Å². The van der Waals surface area contributed by atoms with Crippen LogP contribution in [0.3, 0.4) is 0 Å². The molecule has 0 unspecified atom stereocenters. The lowest BCUT2D eigenvalue weighted by molar-refractivity contribution is -0.129. The number of hydrogen-bond donors (Lipinski definition) is 1. The van der Waals surface area contributed by atoms with Gasteiger partial charge in [-0.1, -0.05) is 17.7 Å². The van der Waals surface area contributed by atoms with Gasteiger partial charge in [0, 0.05) is 42.6 Å². The molecule has 3 rings (SSSR count). The number of rotatable bonds is 6. The first kappa shape index (κ1) is 19.4. The van der Waals surface area contributed by atoms with E-state index < -0.39 is 0 Å². The maximum Gasteiger partial charge on any atom is 0.241 e. The highest BCUT2D eigenvalue weighted by atomic mass is 35.5. The van der Waals surface area contributed by atoms with Gasteiger partial charge in [-0.15, -0.1) is 0 Å². The number of nitrogens with zero attached hydrogens (tertiary/aromatic N) is 2. The zero-order valence-electron chi connectivity index (χ0n) is 15.8. The van der Waals surface area contributed by atoms with Gasteiger partial charge in [0.1, 0.15) is 5.75 Å². The Hall–Kier alpha value is -2.40. The second-order valence-corrected chi connectivity index (χ2v) is 7.33. The predicted molar refractivity (Wildman–Crippen MR) is 111 cm³/mol. The number of amides is 1. The first-order valence-corrected chi connectivity index (χ1v) is 9.68. The number of hydrogen-bond acceptors (Lipinski definition) is 4. The summed E-state index contributed by atoms with van der Waals surface area (Å²) in [5.41, 5.74) is 2.02. The molecule has 6 heteroatoms. The lowest BCUT2D eigenvalue weighted by Gasteiger charge is -2.36. The van der Waals surface area contributed by atoms with Crippen molar-refractivity contribution in [3.05, 3.63) is 53.6 Å². The Kier molecular flexibility index (Phi) is 6.45. The summed E-state index contributed by atoms with van der Waals surface area (Å²) in [6.07, 6.45) is 0.149. The van der Waals surface area contributed by atoms with Crippen molar-refractivity contribution >= 4 is 28.9 Å². The van der Waals surface area contributed by atoms with Crippen molar-refractivity contribution < 1.29 is 9.53 Å². The van der Waals surface area contributed by atoms with Gasteiger partial charge in [0.25, 0.3) is 0 Å². The fourth-order valence-corrected chi connectivity index (χ4v) is 3.28. The molecule has 1 amide bonds. The number of piperazine rings is 1. The molecular formula is C21H26ClN3O2. The van der Waals surface area contributed by atoms with Crippen LogP contribution in [0.2, 0.25) is 5.02 Å². The molecule has 27 heavy (non-hydrogen) atoms. The summed E-state index contributed by atoms with van der Waals surface area (Å²) in [7, 11) is 0. The third kappa shape index (κ3) is 5.54. The summed E-state index contributed by atoms with van der Waals surface area (Å²) in [6, 6.07) is 15.5. The number of anilines is 2. The van der Waals surface area contributed by atoms with Crippen molar-refractivity contribution in [2.24, 2.45) is 0 Å². The summed E-state index contributed by atoms with van der Waals surface area (Å²) in [4.78, 5) is 16.6. The van der Waals surface area contributed by atoms with Gasteiger partial charge in [0.15, 0.2) is 0 Å². The van der Waals surface area contributed by atoms with Crippen LogP contribution in [0.15, 0.2) is 48.5 Å². The molecule has 2 aromatic rings. The first-order chi connectivity index (χ1) is 13.0. The van der Waals surface area contributed by atoms with Crippen LogP contribution >= 0.6 is 11.6 Å². The Labute approximate surface area is 165 Å². The standard InChI is InChI=1S/C21H26ClN3O2/c1-16(2)27-20-8-6-18(7-9-20)23-15-21(26)25-12-10-24(11-13-25)19-5-3-4-17(22)14-19/h3-9,14,16,23H,10-13,15H2,1-2H3. The first-order valence-electron chi connectivity index (χ1n) is 9.30. The molecule has 0 spiro atoms. The van der Waals surface area contributed by atoms with Crippen LogP contribution in [0.5, 0.6) is 5.75 Å². The quantitative estimate of drug-likeness (QED) is 0.816. The summed E-state index contributed by atoms with van der Waals surface area (Å²) in [5, 5.41) is 3.93. The lowest BCUT2D eigenvalue weighted by atomic mass is 10.2. The molecule has 1 heterocycles. The molecule has 144 valence electrons. The fraction of sp³-hybridized carbons (Fsp3) is 0.381. The van der Waals surface area contributed by atoms with Gasteiger partial charge in [0.2, 0.25) is 5.91 Å². The van der Waals surface area contributed by atoms with Crippen molar-refractivity contribution in [1.82, 2.24) is 4.90 Å². The number of halogens is 1. The minimum Gasteiger partial charge on any atom is -0.491 e. The smallest absolute Gasteiger partial charge is 0.241 e. The molecular weight excluding hydrogens is 362 g/mol. The van der Waals surface area contributed by atoms with Crippen molar-refractivity contribution in [3.8, 4) is 5.75 Å². The average Bonchev–Trinajstić information content (AvgIpc) is 2.67. The van der Waals surface area contributed by atoms with Crippen LogP contribution in [0.4, 0.5) is 11.4 Å². The molecule has 0 saturated carbocycles. The van der Waals surface area contributed by atoms with Crippen LogP contribution in [0, 0.1) is 0 Å². The molecule has 0 radical (unpaired) electrons. The van der Waals surface area contributed by atoms with Gasteiger partial charge in [-0.25, -0.2) is 0 Å². The Morgan fingerprint density at radius 2 is 1.81 bits per heavy atom. The second-order valence-electron chi connectivity index (χ2n) is 6.89. The van der Waals surface area contributed by atoms with Gasteiger partial charge < -0.3 is 19.9 Å². The van der Waals surface area contributed by atoms with Crippen molar-refractivity contribution in [2.75, 3.05) is 42.9 Å². The molecule has 0 bridgehead atoms. The zero-order valence-corrected chi connectivity index (χ0v) is 16.6. The Morgan fingerprint density at radius 1 is 1.11 bits per heavy atom. The van der Waals surface area contributed by atoms with Crippen LogP contribution in [-0.2, 0) is 4.79 Å². The van der Waals surface area contributed by atoms with Crippen molar-refractivity contribution in [2.45, 2.75) is 20.0 Å². The molecule has 5 nitrogen and oxygen atoms in total. The highest BCUT2D eigenvalue weighted by Crippen LogP contribution is 2.21. The van der Waals surface area contributed by atoms with E-state index in [2.05, 4.69) is 16.3 Å². The molecule has 1 aliphatic rings. The molecule has 1 N–H and O–H groups in total.